The number of aliphatic carboxylic acids is 1. The Morgan fingerprint density at radius 3 is 2.74 bits per heavy atom. The number of aryl methyl sites for hydroxylation is 1. The van der Waals surface area contributed by atoms with E-state index in [2.05, 4.69) is 9.88 Å². The number of nitrogens with zero attached hydrogens (tertiary/aromatic N) is 2. The molecule has 0 saturated carbocycles. The summed E-state index contributed by atoms with van der Waals surface area (Å²) < 4.78 is 0. The first-order valence-corrected chi connectivity index (χ1v) is 6.64. The van der Waals surface area contributed by atoms with Gasteiger partial charge >= 0.3 is 5.97 Å². The molecule has 2 N–H and O–H groups in total. The minimum absolute atomic E-state index is 0.234. The Balaban J connectivity index is 1.88. The molecule has 0 bridgehead atoms. The second kappa shape index (κ2) is 6.02. The number of carboxylic acid groups (broad SMARTS) is 1. The summed E-state index contributed by atoms with van der Waals surface area (Å²) in [5, 5.41) is 18.5. The molecule has 1 aromatic heterocycles. The van der Waals surface area contributed by atoms with Crippen molar-refractivity contribution >= 4 is 5.97 Å². The van der Waals surface area contributed by atoms with Crippen molar-refractivity contribution in [2.45, 2.75) is 32.7 Å². The van der Waals surface area contributed by atoms with E-state index in [0.29, 0.717) is 12.2 Å². The molecule has 0 atom stereocenters. The van der Waals surface area contributed by atoms with Gasteiger partial charge in [0, 0.05) is 18.7 Å². The smallest absolute Gasteiger partial charge is 0.303 e. The quantitative estimate of drug-likeness (QED) is 0.867. The van der Waals surface area contributed by atoms with E-state index < -0.39 is 5.97 Å². The molecule has 0 aromatic carbocycles. The second-order valence-electron chi connectivity index (χ2n) is 5.24. The first-order valence-electron chi connectivity index (χ1n) is 6.64. The Hall–Kier alpha value is -1.62. The van der Waals surface area contributed by atoms with Gasteiger partial charge in [0.15, 0.2) is 0 Å². The highest BCUT2D eigenvalue weighted by Gasteiger charge is 2.22. The van der Waals surface area contributed by atoms with Crippen molar-refractivity contribution in [2.75, 3.05) is 13.1 Å². The molecule has 5 nitrogen and oxygen atoms in total. The number of aromatic nitrogens is 1. The SMILES string of the molecule is Cc1ccc(O)c(CN2CCC(CC(=O)O)CC2)n1. The Morgan fingerprint density at radius 1 is 1.42 bits per heavy atom. The summed E-state index contributed by atoms with van der Waals surface area (Å²) in [6.07, 6.45) is 2.07. The van der Waals surface area contributed by atoms with E-state index in [9.17, 15) is 9.90 Å². The summed E-state index contributed by atoms with van der Waals surface area (Å²) in [5.74, 6) is -0.192. The molecule has 104 valence electrons. The van der Waals surface area contributed by atoms with E-state index in [1.807, 2.05) is 6.92 Å². The zero-order valence-corrected chi connectivity index (χ0v) is 11.2. The minimum atomic E-state index is -0.712. The van der Waals surface area contributed by atoms with Crippen LogP contribution in [0.25, 0.3) is 0 Å². The van der Waals surface area contributed by atoms with Crippen LogP contribution < -0.4 is 0 Å². The summed E-state index contributed by atoms with van der Waals surface area (Å²) in [6, 6.07) is 3.47. The molecular formula is C14H20N2O3. The molecule has 1 aliphatic rings. The maximum absolute atomic E-state index is 10.7. The number of pyridine rings is 1. The van der Waals surface area contributed by atoms with E-state index in [0.717, 1.165) is 31.6 Å². The van der Waals surface area contributed by atoms with Gasteiger partial charge in [-0.05, 0) is 50.9 Å². The van der Waals surface area contributed by atoms with Crippen LogP contribution in [0.1, 0.15) is 30.7 Å². The summed E-state index contributed by atoms with van der Waals surface area (Å²) in [7, 11) is 0. The van der Waals surface area contributed by atoms with Crippen molar-refractivity contribution in [1.82, 2.24) is 9.88 Å². The molecule has 0 spiro atoms. The fourth-order valence-corrected chi connectivity index (χ4v) is 2.53. The highest BCUT2D eigenvalue weighted by molar-refractivity contribution is 5.67. The van der Waals surface area contributed by atoms with Gasteiger partial charge in [-0.1, -0.05) is 0 Å². The number of aromatic hydroxyl groups is 1. The fourth-order valence-electron chi connectivity index (χ4n) is 2.53. The lowest BCUT2D eigenvalue weighted by Crippen LogP contribution is -2.34. The highest BCUT2D eigenvalue weighted by Crippen LogP contribution is 2.23. The summed E-state index contributed by atoms with van der Waals surface area (Å²) in [4.78, 5) is 17.2. The van der Waals surface area contributed by atoms with Gasteiger partial charge in [-0.3, -0.25) is 14.7 Å². The average molecular weight is 264 g/mol. The molecule has 0 radical (unpaired) electrons. The lowest BCUT2D eigenvalue weighted by molar-refractivity contribution is -0.138. The van der Waals surface area contributed by atoms with Crippen molar-refractivity contribution in [2.24, 2.45) is 5.92 Å². The van der Waals surface area contributed by atoms with E-state index in [-0.39, 0.29) is 18.1 Å². The van der Waals surface area contributed by atoms with Crippen molar-refractivity contribution in [3.05, 3.63) is 23.5 Å². The van der Waals surface area contributed by atoms with Gasteiger partial charge in [0.25, 0.3) is 0 Å². The number of hydrogen-bond donors (Lipinski definition) is 2. The number of hydrogen-bond acceptors (Lipinski definition) is 4. The topological polar surface area (TPSA) is 73.7 Å². The van der Waals surface area contributed by atoms with Crippen LogP contribution in [0.4, 0.5) is 0 Å². The van der Waals surface area contributed by atoms with Crippen LogP contribution in [0.2, 0.25) is 0 Å². The molecule has 1 fully saturated rings. The number of piperidine rings is 1. The molecular weight excluding hydrogens is 244 g/mol. The van der Waals surface area contributed by atoms with Gasteiger partial charge in [0.05, 0.1) is 5.69 Å². The Labute approximate surface area is 112 Å². The summed E-state index contributed by atoms with van der Waals surface area (Å²) in [5.41, 5.74) is 1.60. The van der Waals surface area contributed by atoms with Crippen LogP contribution in [-0.4, -0.2) is 39.2 Å². The van der Waals surface area contributed by atoms with E-state index in [4.69, 9.17) is 5.11 Å². The van der Waals surface area contributed by atoms with Gasteiger partial charge in [0.2, 0.25) is 0 Å². The normalized spacial score (nSPS) is 17.5. The van der Waals surface area contributed by atoms with E-state index in [1.54, 1.807) is 12.1 Å². The molecule has 0 aliphatic carbocycles. The monoisotopic (exact) mass is 264 g/mol. The van der Waals surface area contributed by atoms with Crippen LogP contribution in [0.3, 0.4) is 0 Å². The van der Waals surface area contributed by atoms with Crippen LogP contribution in [0.15, 0.2) is 12.1 Å². The number of carboxylic acids is 1. The van der Waals surface area contributed by atoms with Crippen LogP contribution >= 0.6 is 0 Å². The van der Waals surface area contributed by atoms with Crippen molar-refractivity contribution in [3.8, 4) is 5.75 Å². The zero-order chi connectivity index (χ0) is 13.8. The molecule has 1 aromatic rings. The standard InChI is InChI=1S/C14H20N2O3/c1-10-2-3-13(17)12(15-10)9-16-6-4-11(5-7-16)8-14(18)19/h2-3,11,17H,4-9H2,1H3,(H,18,19). The lowest BCUT2D eigenvalue weighted by Gasteiger charge is -2.31. The van der Waals surface area contributed by atoms with Crippen LogP contribution in [0.5, 0.6) is 5.75 Å². The second-order valence-corrected chi connectivity index (χ2v) is 5.24. The van der Waals surface area contributed by atoms with E-state index >= 15 is 0 Å². The summed E-state index contributed by atoms with van der Waals surface area (Å²) in [6.45, 7) is 4.27. The predicted octanol–water partition coefficient (Wildman–Crippen LogP) is 1.78. The maximum atomic E-state index is 10.7. The molecule has 19 heavy (non-hydrogen) atoms. The van der Waals surface area contributed by atoms with E-state index in [1.165, 1.54) is 0 Å². The molecule has 0 amide bonds. The van der Waals surface area contributed by atoms with Crippen molar-refractivity contribution in [3.63, 3.8) is 0 Å². The largest absolute Gasteiger partial charge is 0.506 e. The highest BCUT2D eigenvalue weighted by atomic mass is 16.4. The average Bonchev–Trinajstić information content (AvgIpc) is 2.35. The van der Waals surface area contributed by atoms with Crippen LogP contribution in [0, 0.1) is 12.8 Å². The van der Waals surface area contributed by atoms with Gasteiger partial charge in [0.1, 0.15) is 5.75 Å². The molecule has 0 unspecified atom stereocenters. The zero-order valence-electron chi connectivity index (χ0n) is 11.2. The maximum Gasteiger partial charge on any atom is 0.303 e. The minimum Gasteiger partial charge on any atom is -0.506 e. The molecule has 1 aliphatic heterocycles. The Kier molecular flexibility index (Phi) is 4.37. The third-order valence-electron chi connectivity index (χ3n) is 3.63. The van der Waals surface area contributed by atoms with Crippen molar-refractivity contribution < 1.29 is 15.0 Å². The van der Waals surface area contributed by atoms with Gasteiger partial charge in [-0.25, -0.2) is 0 Å². The number of likely N-dealkylation sites (tertiary alicyclic amines) is 1. The lowest BCUT2D eigenvalue weighted by atomic mass is 9.93. The Bertz CT molecular complexity index is 454. The first kappa shape index (κ1) is 13.8. The van der Waals surface area contributed by atoms with Gasteiger partial charge < -0.3 is 10.2 Å². The third-order valence-corrected chi connectivity index (χ3v) is 3.63. The number of carbonyl (C=O) groups is 1. The predicted molar refractivity (Wildman–Crippen MR) is 70.9 cm³/mol. The van der Waals surface area contributed by atoms with Gasteiger partial charge in [-0.15, -0.1) is 0 Å². The number of rotatable bonds is 4. The molecule has 1 saturated heterocycles. The summed E-state index contributed by atoms with van der Waals surface area (Å²) >= 11 is 0. The van der Waals surface area contributed by atoms with Crippen LogP contribution in [-0.2, 0) is 11.3 Å². The first-order chi connectivity index (χ1) is 9.04. The van der Waals surface area contributed by atoms with Crippen molar-refractivity contribution in [1.29, 1.82) is 0 Å². The molecule has 2 heterocycles. The molecule has 5 heteroatoms. The van der Waals surface area contributed by atoms with Gasteiger partial charge in [-0.2, -0.15) is 0 Å². The molecule has 2 rings (SSSR count). The third kappa shape index (κ3) is 3.92. The Morgan fingerprint density at radius 2 is 2.11 bits per heavy atom. The fraction of sp³-hybridized carbons (Fsp3) is 0.571.